The zero-order valence-corrected chi connectivity index (χ0v) is 18.8. The number of benzene rings is 2. The Bertz CT molecular complexity index is 1070. The van der Waals surface area contributed by atoms with Gasteiger partial charge in [-0.2, -0.15) is 0 Å². The summed E-state index contributed by atoms with van der Waals surface area (Å²) in [6.45, 7) is 0.473. The maximum Gasteiger partial charge on any atom is 0.407 e. The van der Waals surface area contributed by atoms with Crippen molar-refractivity contribution in [2.45, 2.75) is 43.2 Å². The molecule has 1 aliphatic heterocycles. The van der Waals surface area contributed by atoms with Crippen molar-refractivity contribution in [1.82, 2.24) is 10.6 Å². The summed E-state index contributed by atoms with van der Waals surface area (Å²) in [5.41, 5.74) is 3.94. The first kappa shape index (κ1) is 22.4. The highest BCUT2D eigenvalue weighted by atomic mass is 16.5. The number of ether oxygens (including phenoxy) is 2. The summed E-state index contributed by atoms with van der Waals surface area (Å²) in [5, 5.41) is 15.0. The number of carboxylic acids is 1. The van der Waals surface area contributed by atoms with Crippen LogP contribution in [0.2, 0.25) is 0 Å². The van der Waals surface area contributed by atoms with Crippen LogP contribution in [-0.2, 0) is 19.1 Å². The second-order valence-electron chi connectivity index (χ2n) is 9.42. The van der Waals surface area contributed by atoms with Gasteiger partial charge in [0.25, 0.3) is 0 Å². The van der Waals surface area contributed by atoms with Crippen LogP contribution in [0.25, 0.3) is 11.1 Å². The van der Waals surface area contributed by atoms with Crippen molar-refractivity contribution in [3.63, 3.8) is 0 Å². The van der Waals surface area contributed by atoms with Crippen LogP contribution < -0.4 is 10.6 Å². The Hall–Kier alpha value is -3.39. The Kier molecular flexibility index (Phi) is 6.00. The van der Waals surface area contributed by atoms with E-state index in [0.29, 0.717) is 12.8 Å². The van der Waals surface area contributed by atoms with Gasteiger partial charge in [-0.1, -0.05) is 48.5 Å². The lowest BCUT2D eigenvalue weighted by Gasteiger charge is -2.41. The predicted molar refractivity (Wildman–Crippen MR) is 123 cm³/mol. The zero-order chi connectivity index (χ0) is 23.7. The lowest BCUT2D eigenvalue weighted by atomic mass is 9.74. The lowest BCUT2D eigenvalue weighted by Crippen LogP contribution is -2.57. The molecule has 8 heteroatoms. The van der Waals surface area contributed by atoms with Crippen molar-refractivity contribution >= 4 is 18.0 Å². The number of aliphatic carboxylic acids is 1. The zero-order valence-electron chi connectivity index (χ0n) is 18.8. The average Bonchev–Trinajstić information content (AvgIpc) is 3.39. The van der Waals surface area contributed by atoms with E-state index < -0.39 is 29.6 Å². The Labute approximate surface area is 197 Å². The predicted octanol–water partition coefficient (Wildman–Crippen LogP) is 3.05. The van der Waals surface area contributed by atoms with Gasteiger partial charge in [-0.3, -0.25) is 9.59 Å². The lowest BCUT2D eigenvalue weighted by molar-refractivity contribution is -0.142. The maximum absolute atomic E-state index is 12.7. The molecule has 0 aromatic heterocycles. The summed E-state index contributed by atoms with van der Waals surface area (Å²) in [4.78, 5) is 36.7. The van der Waals surface area contributed by atoms with Crippen LogP contribution in [0.1, 0.15) is 42.7 Å². The molecule has 1 saturated heterocycles. The number of carboxylic acid groups (broad SMARTS) is 1. The molecule has 1 saturated carbocycles. The smallest absolute Gasteiger partial charge is 0.407 e. The number of carbonyl (C=O) groups excluding carboxylic acids is 2. The van der Waals surface area contributed by atoms with Crippen molar-refractivity contribution in [3.05, 3.63) is 59.7 Å². The minimum absolute atomic E-state index is 0.0332. The number of amides is 2. The summed E-state index contributed by atoms with van der Waals surface area (Å²) in [7, 11) is 0. The first-order valence-electron chi connectivity index (χ1n) is 11.7. The summed E-state index contributed by atoms with van der Waals surface area (Å²) >= 11 is 0. The molecule has 2 aromatic rings. The first-order valence-corrected chi connectivity index (χ1v) is 11.7. The molecule has 2 amide bonds. The van der Waals surface area contributed by atoms with Crippen LogP contribution in [0.5, 0.6) is 0 Å². The molecular weight excluding hydrogens is 436 g/mol. The molecule has 5 rings (SSSR count). The summed E-state index contributed by atoms with van der Waals surface area (Å²) in [5.74, 6) is -2.07. The highest BCUT2D eigenvalue weighted by Gasteiger charge is 2.42. The third-order valence-corrected chi connectivity index (χ3v) is 7.26. The first-order chi connectivity index (χ1) is 16.5. The van der Waals surface area contributed by atoms with Gasteiger partial charge in [0.2, 0.25) is 5.91 Å². The molecule has 178 valence electrons. The van der Waals surface area contributed by atoms with E-state index in [-0.39, 0.29) is 38.1 Å². The highest BCUT2D eigenvalue weighted by molar-refractivity contribution is 5.81. The maximum atomic E-state index is 12.7. The van der Waals surface area contributed by atoms with Gasteiger partial charge < -0.3 is 25.2 Å². The van der Waals surface area contributed by atoms with Gasteiger partial charge in [-0.15, -0.1) is 0 Å². The second kappa shape index (κ2) is 9.10. The van der Waals surface area contributed by atoms with E-state index in [4.69, 9.17) is 9.47 Å². The summed E-state index contributed by atoms with van der Waals surface area (Å²) in [6.07, 6.45) is 1.80. The number of hydrogen-bond donors (Lipinski definition) is 3. The van der Waals surface area contributed by atoms with Crippen molar-refractivity contribution < 1.29 is 29.0 Å². The van der Waals surface area contributed by atoms with Gasteiger partial charge in [0.15, 0.2) is 0 Å². The molecule has 1 heterocycles. The fourth-order valence-electron chi connectivity index (χ4n) is 5.31. The van der Waals surface area contributed by atoms with Crippen LogP contribution in [0, 0.1) is 5.92 Å². The minimum Gasteiger partial charge on any atom is -0.481 e. The minimum atomic E-state index is -0.988. The molecule has 3 N–H and O–H groups in total. The van der Waals surface area contributed by atoms with Crippen molar-refractivity contribution in [2.75, 3.05) is 19.8 Å². The molecule has 2 atom stereocenters. The van der Waals surface area contributed by atoms with E-state index in [0.717, 1.165) is 28.7 Å². The van der Waals surface area contributed by atoms with Crippen molar-refractivity contribution in [3.8, 4) is 11.1 Å². The fraction of sp³-hybridized carbons (Fsp3) is 0.423. The number of fused-ring (bicyclic) bond motifs is 3. The summed E-state index contributed by atoms with van der Waals surface area (Å²) < 4.78 is 10.9. The van der Waals surface area contributed by atoms with E-state index in [1.807, 2.05) is 24.3 Å². The average molecular weight is 465 g/mol. The normalized spacial score (nSPS) is 22.2. The van der Waals surface area contributed by atoms with E-state index in [1.54, 1.807) is 0 Å². The van der Waals surface area contributed by atoms with Crippen molar-refractivity contribution in [2.24, 2.45) is 5.92 Å². The number of alkyl carbamates (subject to hydrolysis) is 1. The molecular formula is C26H28N2O6. The van der Waals surface area contributed by atoms with Gasteiger partial charge in [0, 0.05) is 12.3 Å². The highest BCUT2D eigenvalue weighted by Crippen LogP contribution is 2.44. The second-order valence-corrected chi connectivity index (χ2v) is 9.42. The molecule has 2 unspecified atom stereocenters. The molecule has 8 nitrogen and oxygen atoms in total. The van der Waals surface area contributed by atoms with E-state index in [2.05, 4.69) is 34.9 Å². The van der Waals surface area contributed by atoms with Crippen LogP contribution in [0.4, 0.5) is 4.79 Å². The van der Waals surface area contributed by atoms with Crippen LogP contribution in [0.15, 0.2) is 48.5 Å². The molecule has 0 bridgehead atoms. The third-order valence-electron chi connectivity index (χ3n) is 7.26. The topological polar surface area (TPSA) is 114 Å². The van der Waals surface area contributed by atoms with Crippen LogP contribution >= 0.6 is 0 Å². The third kappa shape index (κ3) is 4.25. The van der Waals surface area contributed by atoms with E-state index in [1.165, 1.54) is 0 Å². The number of hydrogen-bond acceptors (Lipinski definition) is 5. The molecule has 0 spiro atoms. The monoisotopic (exact) mass is 464 g/mol. The largest absolute Gasteiger partial charge is 0.481 e. The van der Waals surface area contributed by atoms with Crippen LogP contribution in [0.3, 0.4) is 0 Å². The molecule has 2 aromatic carbocycles. The number of nitrogens with one attached hydrogen (secondary N) is 2. The Morgan fingerprint density at radius 1 is 1.00 bits per heavy atom. The van der Waals surface area contributed by atoms with Crippen molar-refractivity contribution in [1.29, 1.82) is 0 Å². The van der Waals surface area contributed by atoms with Gasteiger partial charge in [0.05, 0.1) is 24.8 Å². The van der Waals surface area contributed by atoms with Gasteiger partial charge in [-0.25, -0.2) is 4.79 Å². The molecule has 34 heavy (non-hydrogen) atoms. The molecule has 3 aliphatic rings. The Balaban J connectivity index is 1.19. The van der Waals surface area contributed by atoms with Gasteiger partial charge >= 0.3 is 12.1 Å². The SMILES string of the molecule is O=C(CC1(NC(=O)OCC2c3ccccc3-c3ccccc32)CCC1)NC1COCC1C(=O)O. The molecule has 0 radical (unpaired) electrons. The van der Waals surface area contributed by atoms with E-state index >= 15 is 0 Å². The fourth-order valence-corrected chi connectivity index (χ4v) is 5.31. The van der Waals surface area contributed by atoms with Crippen LogP contribution in [-0.4, -0.2) is 54.5 Å². The number of rotatable bonds is 7. The Morgan fingerprint density at radius 2 is 1.65 bits per heavy atom. The Morgan fingerprint density at radius 3 is 2.24 bits per heavy atom. The standard InChI is InChI=1S/C26H28N2O6/c29-23(27-22-15-33-13-21(22)24(30)31)12-26(10-5-11-26)28-25(32)34-14-20-18-8-3-1-6-16(18)17-7-2-4-9-19(17)20/h1-4,6-9,20-22H,5,10-15H2,(H,27,29)(H,28,32)(H,30,31). The quantitative estimate of drug-likeness (QED) is 0.580. The number of carbonyl (C=O) groups is 3. The molecule has 2 aliphatic carbocycles. The van der Waals surface area contributed by atoms with Gasteiger partial charge in [-0.05, 0) is 41.5 Å². The van der Waals surface area contributed by atoms with Gasteiger partial charge in [0.1, 0.15) is 12.5 Å². The van der Waals surface area contributed by atoms with E-state index in [9.17, 15) is 19.5 Å². The molecule has 2 fully saturated rings. The summed E-state index contributed by atoms with van der Waals surface area (Å²) in [6, 6.07) is 15.7.